The van der Waals surface area contributed by atoms with Crippen molar-refractivity contribution in [2.75, 3.05) is 12.3 Å². The molecule has 0 fully saturated rings. The lowest BCUT2D eigenvalue weighted by Crippen LogP contribution is -2.33. The number of para-hydroxylation sites is 1. The summed E-state index contributed by atoms with van der Waals surface area (Å²) in [4.78, 5) is 4.85. The van der Waals surface area contributed by atoms with E-state index in [0.29, 0.717) is 12.5 Å². The Balaban J connectivity index is 2.11. The summed E-state index contributed by atoms with van der Waals surface area (Å²) in [5.41, 5.74) is 19.1. The number of rotatable bonds is 4. The summed E-state index contributed by atoms with van der Waals surface area (Å²) >= 11 is 0. The van der Waals surface area contributed by atoms with Gasteiger partial charge in [-0.25, -0.2) is 4.98 Å². The van der Waals surface area contributed by atoms with Crippen LogP contribution < -0.4 is 16.0 Å². The van der Waals surface area contributed by atoms with Gasteiger partial charge in [0.05, 0.1) is 0 Å². The van der Waals surface area contributed by atoms with E-state index in [2.05, 4.69) is 41.8 Å². The molecule has 0 aliphatic rings. The quantitative estimate of drug-likeness (QED) is 0.337. The van der Waals surface area contributed by atoms with Crippen molar-refractivity contribution in [1.29, 1.82) is 0 Å². The van der Waals surface area contributed by atoms with Crippen LogP contribution in [0.1, 0.15) is 24.8 Å². The molecule has 0 aliphatic carbocycles. The predicted octanol–water partition coefficient (Wildman–Crippen LogP) is 3.70. The second-order valence-electron chi connectivity index (χ2n) is 6.62. The van der Waals surface area contributed by atoms with E-state index >= 15 is 0 Å². The predicted molar refractivity (Wildman–Crippen MR) is 107 cm³/mol. The van der Waals surface area contributed by atoms with Gasteiger partial charge in [-0.05, 0) is 42.6 Å². The zero-order valence-corrected chi connectivity index (χ0v) is 14.9. The fourth-order valence-electron chi connectivity index (χ4n) is 3.54. The second kappa shape index (κ2) is 6.73. The van der Waals surface area contributed by atoms with Gasteiger partial charge in [0.1, 0.15) is 11.0 Å². The zero-order valence-electron chi connectivity index (χ0n) is 14.9. The molecule has 0 saturated carbocycles. The maximum Gasteiger partial charge on any atom is 0.239 e. The molecule has 130 valence electrons. The highest BCUT2D eigenvalue weighted by Gasteiger charge is 2.21. The maximum absolute atomic E-state index is 6.08. The summed E-state index contributed by atoms with van der Waals surface area (Å²) in [5, 5.41) is 0. The molecule has 1 unspecified atom stereocenters. The Hall–Kier alpha value is -2.98. The first kappa shape index (κ1) is 16.5. The van der Waals surface area contributed by atoms with E-state index < -0.39 is 0 Å². The molecule has 1 heterocycles. The molecule has 4 aromatic rings. The van der Waals surface area contributed by atoms with Gasteiger partial charge >= 0.3 is 0 Å². The van der Waals surface area contributed by atoms with Gasteiger partial charge in [0.25, 0.3) is 0 Å². The maximum atomic E-state index is 6.08. The lowest BCUT2D eigenvalue weighted by atomic mass is 9.96. The van der Waals surface area contributed by atoms with Crippen molar-refractivity contribution in [3.63, 3.8) is 0 Å². The summed E-state index contributed by atoms with van der Waals surface area (Å²) in [6, 6.07) is 22.7. The first-order valence-electron chi connectivity index (χ1n) is 9.01. The minimum Gasteiger partial charge on any atom is -0.399 e. The highest BCUT2D eigenvalue weighted by molar-refractivity contribution is 5.84. The summed E-state index contributed by atoms with van der Waals surface area (Å²) in [5.74, 6) is 0.347. The first-order valence-corrected chi connectivity index (χ1v) is 9.01. The van der Waals surface area contributed by atoms with Crippen LogP contribution in [-0.2, 0) is 0 Å². The minimum atomic E-state index is 0.347. The first-order chi connectivity index (χ1) is 12.7. The van der Waals surface area contributed by atoms with Gasteiger partial charge in [-0.1, -0.05) is 31.2 Å². The van der Waals surface area contributed by atoms with E-state index in [-0.39, 0.29) is 0 Å². The Morgan fingerprint density at radius 3 is 2.31 bits per heavy atom. The van der Waals surface area contributed by atoms with Gasteiger partial charge < -0.3 is 11.5 Å². The Kier molecular flexibility index (Phi) is 4.27. The standard InChI is InChI=1S/C22H22N4/c1-2-15(14-23)16-8-10-19-21(12-16)26(18-6-4-3-5-7-18)22-13-17(24)9-11-20(22)25-19/h3-13,15,24H,2,14,23H2,1H3/p+1. The van der Waals surface area contributed by atoms with Gasteiger partial charge in [0, 0.05) is 30.0 Å². The molecule has 1 aromatic heterocycles. The van der Waals surface area contributed by atoms with Crippen LogP contribution in [0.2, 0.25) is 0 Å². The third-order valence-corrected chi connectivity index (χ3v) is 4.98. The number of anilines is 1. The number of nitrogens with two attached hydrogens (primary N) is 2. The van der Waals surface area contributed by atoms with Crippen LogP contribution in [-0.4, -0.2) is 11.5 Å². The van der Waals surface area contributed by atoms with Gasteiger partial charge in [-0.15, -0.1) is 4.57 Å². The van der Waals surface area contributed by atoms with E-state index in [4.69, 9.17) is 16.5 Å². The van der Waals surface area contributed by atoms with Crippen LogP contribution in [0.3, 0.4) is 0 Å². The van der Waals surface area contributed by atoms with Crippen LogP contribution in [0.4, 0.5) is 5.69 Å². The zero-order chi connectivity index (χ0) is 18.1. The molecule has 0 amide bonds. The molecule has 4 rings (SSSR count). The average molecular weight is 343 g/mol. The van der Waals surface area contributed by atoms with Crippen LogP contribution >= 0.6 is 0 Å². The molecule has 4 N–H and O–H groups in total. The summed E-state index contributed by atoms with van der Waals surface area (Å²) < 4.78 is 2.24. The fraction of sp³-hybridized carbons (Fsp3) is 0.182. The van der Waals surface area contributed by atoms with Crippen LogP contribution in [0, 0.1) is 0 Å². The van der Waals surface area contributed by atoms with Crippen molar-refractivity contribution in [1.82, 2.24) is 4.98 Å². The largest absolute Gasteiger partial charge is 0.399 e. The average Bonchev–Trinajstić information content (AvgIpc) is 2.68. The molecule has 4 nitrogen and oxygen atoms in total. The number of hydrogen-bond donors (Lipinski definition) is 2. The second-order valence-corrected chi connectivity index (χ2v) is 6.62. The van der Waals surface area contributed by atoms with E-state index in [9.17, 15) is 0 Å². The lowest BCUT2D eigenvalue weighted by molar-refractivity contribution is -0.538. The van der Waals surface area contributed by atoms with Gasteiger partial charge in [-0.3, -0.25) is 0 Å². The smallest absolute Gasteiger partial charge is 0.239 e. The van der Waals surface area contributed by atoms with Crippen molar-refractivity contribution < 1.29 is 4.57 Å². The Morgan fingerprint density at radius 1 is 0.923 bits per heavy atom. The number of hydrogen-bond acceptors (Lipinski definition) is 3. The number of aromatic nitrogens is 2. The minimum absolute atomic E-state index is 0.347. The number of nitrogens with zero attached hydrogens (tertiary/aromatic N) is 2. The van der Waals surface area contributed by atoms with Gasteiger partial charge in [-0.2, -0.15) is 0 Å². The molecule has 26 heavy (non-hydrogen) atoms. The molecule has 0 saturated heterocycles. The van der Waals surface area contributed by atoms with Crippen molar-refractivity contribution in [3.05, 3.63) is 72.3 Å². The molecule has 1 atom stereocenters. The monoisotopic (exact) mass is 343 g/mol. The normalized spacial score (nSPS) is 12.5. The lowest BCUT2D eigenvalue weighted by Gasteiger charge is -2.13. The third-order valence-electron chi connectivity index (χ3n) is 4.98. The van der Waals surface area contributed by atoms with Crippen LogP contribution in [0.25, 0.3) is 27.8 Å². The highest BCUT2D eigenvalue weighted by atomic mass is 15.0. The van der Waals surface area contributed by atoms with E-state index in [1.807, 2.05) is 36.4 Å². The van der Waals surface area contributed by atoms with E-state index in [1.165, 1.54) is 5.56 Å². The van der Waals surface area contributed by atoms with Crippen molar-refractivity contribution in [3.8, 4) is 5.69 Å². The Bertz CT molecular complexity index is 1070. The topological polar surface area (TPSA) is 68.8 Å². The van der Waals surface area contributed by atoms with Gasteiger partial charge in [0.2, 0.25) is 16.7 Å². The Labute approximate surface area is 153 Å². The summed E-state index contributed by atoms with van der Waals surface area (Å²) in [6.07, 6.45) is 1.02. The molecule has 4 heteroatoms. The molecule has 0 radical (unpaired) electrons. The fourth-order valence-corrected chi connectivity index (χ4v) is 3.54. The van der Waals surface area contributed by atoms with Crippen LogP contribution in [0.5, 0.6) is 0 Å². The SMILES string of the molecule is CCC(CN)c1ccc2nc3ccc(N)cc3[n+](-c3ccccc3)c2c1. The van der Waals surface area contributed by atoms with E-state index in [0.717, 1.165) is 39.9 Å². The van der Waals surface area contributed by atoms with Crippen LogP contribution in [0.15, 0.2) is 66.7 Å². The Morgan fingerprint density at radius 2 is 1.62 bits per heavy atom. The van der Waals surface area contributed by atoms with Crippen molar-refractivity contribution in [2.24, 2.45) is 5.73 Å². The van der Waals surface area contributed by atoms with Gasteiger partial charge in [0.15, 0.2) is 0 Å². The molecule has 0 spiro atoms. The molecular weight excluding hydrogens is 320 g/mol. The summed E-state index contributed by atoms with van der Waals surface area (Å²) in [6.45, 7) is 2.81. The van der Waals surface area contributed by atoms with Crippen molar-refractivity contribution >= 4 is 27.8 Å². The molecule has 0 bridgehead atoms. The third kappa shape index (κ3) is 2.78. The number of benzene rings is 3. The molecule has 3 aromatic carbocycles. The van der Waals surface area contributed by atoms with Crippen molar-refractivity contribution in [2.45, 2.75) is 19.3 Å². The number of nitrogen functional groups attached to an aromatic ring is 1. The molecular formula is C22H23N4+. The molecule has 0 aliphatic heterocycles. The highest BCUT2D eigenvalue weighted by Crippen LogP contribution is 2.24. The van der Waals surface area contributed by atoms with E-state index in [1.54, 1.807) is 0 Å². The number of fused-ring (bicyclic) bond motifs is 2. The summed E-state index contributed by atoms with van der Waals surface area (Å²) in [7, 11) is 0.